The second-order valence-electron chi connectivity index (χ2n) is 5.08. The Hall–Kier alpha value is -1.18. The molecule has 0 aliphatic carbocycles. The normalized spacial score (nSPS) is 22.5. The topological polar surface area (TPSA) is 69.8 Å². The zero-order valence-electron chi connectivity index (χ0n) is 11.4. The molecular formula is C12H19N3O3S. The molecule has 0 bridgehead atoms. The highest BCUT2D eigenvalue weighted by Gasteiger charge is 2.30. The number of anilines is 1. The summed E-state index contributed by atoms with van der Waals surface area (Å²) in [5.41, 5.74) is 0.109. The van der Waals surface area contributed by atoms with Gasteiger partial charge in [0.25, 0.3) is 0 Å². The predicted octanol–water partition coefficient (Wildman–Crippen LogP) is 1.85. The molecule has 0 amide bonds. The second-order valence-corrected chi connectivity index (χ2v) is 6.14. The molecule has 1 aliphatic rings. The number of thiophene rings is 1. The molecule has 0 radical (unpaired) electrons. The van der Waals surface area contributed by atoms with Gasteiger partial charge in [0.05, 0.1) is 11.0 Å². The molecular weight excluding hydrogens is 266 g/mol. The Morgan fingerprint density at radius 2 is 2.26 bits per heavy atom. The lowest BCUT2D eigenvalue weighted by Gasteiger charge is -2.38. The van der Waals surface area contributed by atoms with E-state index in [2.05, 4.69) is 23.8 Å². The molecule has 2 heterocycles. The highest BCUT2D eigenvalue weighted by Crippen LogP contribution is 2.41. The van der Waals surface area contributed by atoms with Crippen LogP contribution in [0.3, 0.4) is 0 Å². The van der Waals surface area contributed by atoms with Gasteiger partial charge in [0.1, 0.15) is 0 Å². The van der Waals surface area contributed by atoms with Gasteiger partial charge < -0.3 is 14.9 Å². The molecule has 7 heteroatoms. The maximum atomic E-state index is 11.2. The van der Waals surface area contributed by atoms with Gasteiger partial charge >= 0.3 is 5.69 Å². The van der Waals surface area contributed by atoms with Gasteiger partial charge in [-0.3, -0.25) is 10.1 Å². The van der Waals surface area contributed by atoms with Crippen LogP contribution in [0.4, 0.5) is 10.7 Å². The first-order chi connectivity index (χ1) is 8.90. The minimum absolute atomic E-state index is 0.109. The number of hydrogen-bond donors (Lipinski definition) is 1. The molecule has 0 spiro atoms. The Labute approximate surface area is 116 Å². The van der Waals surface area contributed by atoms with E-state index in [1.807, 2.05) is 0 Å². The average molecular weight is 285 g/mol. The van der Waals surface area contributed by atoms with E-state index in [0.717, 1.165) is 19.6 Å². The third kappa shape index (κ3) is 2.88. The lowest BCUT2D eigenvalue weighted by molar-refractivity contribution is -0.383. The van der Waals surface area contributed by atoms with Gasteiger partial charge in [0.15, 0.2) is 5.00 Å². The Balaban J connectivity index is 2.35. The largest absolute Gasteiger partial charge is 0.388 e. The number of nitrogens with zero attached hydrogens (tertiary/aromatic N) is 3. The van der Waals surface area contributed by atoms with Gasteiger partial charge in [0, 0.05) is 36.6 Å². The maximum absolute atomic E-state index is 11.2. The first-order valence-electron chi connectivity index (χ1n) is 6.31. The fourth-order valence-corrected chi connectivity index (χ4v) is 3.56. The van der Waals surface area contributed by atoms with E-state index >= 15 is 0 Å². The molecule has 1 saturated heterocycles. The number of hydrogen-bond acceptors (Lipinski definition) is 6. The van der Waals surface area contributed by atoms with Gasteiger partial charge in [-0.1, -0.05) is 0 Å². The minimum atomic E-state index is -0.666. The molecule has 1 aromatic rings. The summed E-state index contributed by atoms with van der Waals surface area (Å²) in [7, 11) is 2.05. The summed E-state index contributed by atoms with van der Waals surface area (Å²) in [6.45, 7) is 6.26. The van der Waals surface area contributed by atoms with Crippen LogP contribution >= 0.6 is 11.3 Å². The van der Waals surface area contributed by atoms with Crippen molar-refractivity contribution in [3.05, 3.63) is 21.1 Å². The molecule has 0 saturated carbocycles. The summed E-state index contributed by atoms with van der Waals surface area (Å²) in [6, 6.07) is 1.73. The Kier molecular flexibility index (Phi) is 4.07. The Bertz CT molecular complexity index is 475. The average Bonchev–Trinajstić information content (AvgIpc) is 2.73. The maximum Gasteiger partial charge on any atom is 0.304 e. The van der Waals surface area contributed by atoms with Crippen molar-refractivity contribution in [1.29, 1.82) is 0 Å². The Morgan fingerprint density at radius 1 is 1.58 bits per heavy atom. The lowest BCUT2D eigenvalue weighted by Crippen LogP contribution is -2.50. The van der Waals surface area contributed by atoms with Gasteiger partial charge in [0.2, 0.25) is 0 Å². The highest BCUT2D eigenvalue weighted by atomic mass is 32.1. The van der Waals surface area contributed by atoms with Crippen LogP contribution in [0.2, 0.25) is 0 Å². The SMILES string of the molecule is CC1CN(C)CCN1c1sc([C@@H](C)O)cc1[N+](=O)[O-]. The number of nitro groups is 1. The summed E-state index contributed by atoms with van der Waals surface area (Å²) in [4.78, 5) is 15.7. The van der Waals surface area contributed by atoms with E-state index < -0.39 is 6.10 Å². The van der Waals surface area contributed by atoms with Crippen molar-refractivity contribution in [1.82, 2.24) is 4.90 Å². The van der Waals surface area contributed by atoms with E-state index in [1.54, 1.807) is 6.92 Å². The first-order valence-corrected chi connectivity index (χ1v) is 7.13. The van der Waals surface area contributed by atoms with Crippen LogP contribution in [-0.2, 0) is 0 Å². The molecule has 1 aliphatic heterocycles. The van der Waals surface area contributed by atoms with E-state index in [9.17, 15) is 15.2 Å². The fraction of sp³-hybridized carbons (Fsp3) is 0.667. The van der Waals surface area contributed by atoms with E-state index in [-0.39, 0.29) is 16.7 Å². The highest BCUT2D eigenvalue weighted by molar-refractivity contribution is 7.16. The van der Waals surface area contributed by atoms with Crippen LogP contribution < -0.4 is 4.90 Å². The van der Waals surface area contributed by atoms with E-state index in [4.69, 9.17) is 0 Å². The van der Waals surface area contributed by atoms with Crippen molar-refractivity contribution >= 4 is 22.0 Å². The van der Waals surface area contributed by atoms with Crippen molar-refractivity contribution in [2.75, 3.05) is 31.6 Å². The standard InChI is InChI=1S/C12H19N3O3S/c1-8-7-13(3)4-5-14(8)12-10(15(17)18)6-11(19-12)9(2)16/h6,8-9,16H,4-5,7H2,1-3H3/t8?,9-/m1/s1. The summed E-state index contributed by atoms with van der Waals surface area (Å²) >= 11 is 1.32. The van der Waals surface area contributed by atoms with Crippen molar-refractivity contribution < 1.29 is 10.0 Å². The van der Waals surface area contributed by atoms with Crippen LogP contribution in [0.5, 0.6) is 0 Å². The predicted molar refractivity (Wildman–Crippen MR) is 75.9 cm³/mol. The summed E-state index contributed by atoms with van der Waals surface area (Å²) in [6.07, 6.45) is -0.666. The zero-order chi connectivity index (χ0) is 14.2. The van der Waals surface area contributed by atoms with E-state index in [1.165, 1.54) is 17.4 Å². The molecule has 2 rings (SSSR count). The van der Waals surface area contributed by atoms with Crippen LogP contribution in [0.25, 0.3) is 0 Å². The van der Waals surface area contributed by atoms with Gasteiger partial charge in [-0.25, -0.2) is 0 Å². The van der Waals surface area contributed by atoms with E-state index in [0.29, 0.717) is 9.88 Å². The van der Waals surface area contributed by atoms with Crippen LogP contribution in [0.1, 0.15) is 24.8 Å². The quantitative estimate of drug-likeness (QED) is 0.678. The van der Waals surface area contributed by atoms with Crippen molar-refractivity contribution in [3.63, 3.8) is 0 Å². The zero-order valence-corrected chi connectivity index (χ0v) is 12.2. The van der Waals surface area contributed by atoms with Crippen LogP contribution in [0.15, 0.2) is 6.07 Å². The smallest absolute Gasteiger partial charge is 0.304 e. The van der Waals surface area contributed by atoms with Crippen molar-refractivity contribution in [3.8, 4) is 0 Å². The second kappa shape index (κ2) is 5.44. The molecule has 2 atom stereocenters. The number of piperazine rings is 1. The lowest BCUT2D eigenvalue weighted by atomic mass is 10.2. The number of likely N-dealkylation sites (N-methyl/N-ethyl adjacent to an activating group) is 1. The minimum Gasteiger partial charge on any atom is -0.388 e. The Morgan fingerprint density at radius 3 is 2.79 bits per heavy atom. The molecule has 1 unspecified atom stereocenters. The van der Waals surface area contributed by atoms with Gasteiger partial charge in [-0.05, 0) is 20.9 Å². The number of rotatable bonds is 3. The summed E-state index contributed by atoms with van der Waals surface area (Å²) in [5.74, 6) is 0. The van der Waals surface area contributed by atoms with Gasteiger partial charge in [-0.15, -0.1) is 11.3 Å². The third-order valence-corrected chi connectivity index (χ3v) is 4.74. The van der Waals surface area contributed by atoms with Crippen molar-refractivity contribution in [2.45, 2.75) is 26.0 Å². The molecule has 6 nitrogen and oxygen atoms in total. The number of aliphatic hydroxyl groups is 1. The molecule has 19 heavy (non-hydrogen) atoms. The van der Waals surface area contributed by atoms with Gasteiger partial charge in [-0.2, -0.15) is 0 Å². The monoisotopic (exact) mass is 285 g/mol. The molecule has 0 aromatic carbocycles. The summed E-state index contributed by atoms with van der Waals surface area (Å²) < 4.78 is 0. The number of aliphatic hydroxyl groups excluding tert-OH is 1. The third-order valence-electron chi connectivity index (χ3n) is 3.41. The fourth-order valence-electron chi connectivity index (χ4n) is 2.37. The van der Waals surface area contributed by atoms with Crippen LogP contribution in [0, 0.1) is 10.1 Å². The van der Waals surface area contributed by atoms with Crippen molar-refractivity contribution in [2.24, 2.45) is 0 Å². The molecule has 1 fully saturated rings. The molecule has 1 N–H and O–H groups in total. The molecule has 106 valence electrons. The summed E-state index contributed by atoms with van der Waals surface area (Å²) in [5, 5.41) is 21.4. The first kappa shape index (κ1) is 14.2. The molecule has 1 aromatic heterocycles. The van der Waals surface area contributed by atoms with Crippen LogP contribution in [-0.4, -0.2) is 47.7 Å².